The number of carbonyl (C=O) groups excluding carboxylic acids is 2. The van der Waals surface area contributed by atoms with E-state index in [0.717, 1.165) is 64.6 Å². The second-order valence-corrected chi connectivity index (χ2v) is 13.1. The van der Waals surface area contributed by atoms with Gasteiger partial charge in [-0.3, -0.25) is 9.59 Å². The summed E-state index contributed by atoms with van der Waals surface area (Å²) in [5.41, 5.74) is 5.88. The molecule has 1 atom stereocenters. The molecule has 2 N–H and O–H groups in total. The van der Waals surface area contributed by atoms with Crippen molar-refractivity contribution < 1.29 is 19.1 Å². The average Bonchev–Trinajstić information content (AvgIpc) is 3.01. The molecule has 0 rings (SSSR count). The van der Waals surface area contributed by atoms with E-state index in [4.69, 9.17) is 15.2 Å². The van der Waals surface area contributed by atoms with Crippen LogP contribution < -0.4 is 5.73 Å². The Bertz CT molecular complexity index is 616. The molecule has 0 spiro atoms. The van der Waals surface area contributed by atoms with Crippen LogP contribution in [0.3, 0.4) is 0 Å². The van der Waals surface area contributed by atoms with Gasteiger partial charge in [-0.15, -0.1) is 0 Å². The molecule has 262 valence electrons. The molecule has 44 heavy (non-hydrogen) atoms. The largest absolute Gasteiger partial charge is 0.466 e. The predicted molar refractivity (Wildman–Crippen MR) is 188 cm³/mol. The molecule has 0 aliphatic rings. The first-order valence-corrected chi connectivity index (χ1v) is 19.3. The number of rotatable bonds is 35. The summed E-state index contributed by atoms with van der Waals surface area (Å²) in [7, 11) is 0. The van der Waals surface area contributed by atoms with Crippen LogP contribution in [0, 0.1) is 0 Å². The van der Waals surface area contributed by atoms with Crippen LogP contribution in [-0.4, -0.2) is 55.7 Å². The van der Waals surface area contributed by atoms with Gasteiger partial charge in [-0.05, 0) is 70.9 Å². The molecule has 0 amide bonds. The van der Waals surface area contributed by atoms with E-state index in [1.807, 2.05) is 0 Å². The molecule has 6 heteroatoms. The van der Waals surface area contributed by atoms with E-state index >= 15 is 0 Å². The summed E-state index contributed by atoms with van der Waals surface area (Å²) in [6, 6.07) is 0. The van der Waals surface area contributed by atoms with E-state index in [-0.39, 0.29) is 18.0 Å². The van der Waals surface area contributed by atoms with Crippen molar-refractivity contribution in [3.05, 3.63) is 0 Å². The minimum atomic E-state index is -0.0211. The van der Waals surface area contributed by atoms with Crippen LogP contribution in [0.2, 0.25) is 0 Å². The molecule has 0 radical (unpaired) electrons. The summed E-state index contributed by atoms with van der Waals surface area (Å²) >= 11 is 0. The molecule has 0 aromatic heterocycles. The zero-order valence-corrected chi connectivity index (χ0v) is 29.9. The third-order valence-corrected chi connectivity index (χ3v) is 8.72. The van der Waals surface area contributed by atoms with Crippen molar-refractivity contribution in [2.24, 2.45) is 5.73 Å². The Morgan fingerprint density at radius 2 is 0.955 bits per heavy atom. The quantitative estimate of drug-likeness (QED) is 0.0558. The minimum absolute atomic E-state index is 0.0135. The number of unbranched alkanes of at least 4 members (excludes halogenated alkanes) is 18. The topological polar surface area (TPSA) is 81.9 Å². The summed E-state index contributed by atoms with van der Waals surface area (Å²) in [5, 5.41) is 0. The molecule has 0 heterocycles. The van der Waals surface area contributed by atoms with Crippen LogP contribution >= 0.6 is 0 Å². The molecule has 0 aromatic carbocycles. The summed E-state index contributed by atoms with van der Waals surface area (Å²) in [5.74, 6) is -0.00763. The van der Waals surface area contributed by atoms with Gasteiger partial charge in [0.25, 0.3) is 0 Å². The second kappa shape index (κ2) is 34.7. The predicted octanol–water partition coefficient (Wildman–Crippen LogP) is 10.3. The molecular formula is C38H76N2O4. The number of nitrogens with zero attached hydrogens (tertiary/aromatic N) is 1. The number of hydrogen-bond acceptors (Lipinski definition) is 6. The Labute approximate surface area is 274 Å². The molecule has 0 fully saturated rings. The Morgan fingerprint density at radius 1 is 0.523 bits per heavy atom. The third kappa shape index (κ3) is 30.9. The Kier molecular flexibility index (Phi) is 33.8. The lowest BCUT2D eigenvalue weighted by molar-refractivity contribution is -0.150. The SMILES string of the molecule is CCCCCCCCOC(=O)CCCCCCCN(CCN)CCCCCCCC(=O)OC(CCCCC)CCCCCC. The van der Waals surface area contributed by atoms with E-state index in [1.165, 1.54) is 116 Å². The van der Waals surface area contributed by atoms with Crippen molar-refractivity contribution in [2.45, 2.75) is 200 Å². The van der Waals surface area contributed by atoms with Gasteiger partial charge in [0.1, 0.15) is 6.10 Å². The number of carbonyl (C=O) groups is 2. The van der Waals surface area contributed by atoms with Crippen LogP contribution in [0.25, 0.3) is 0 Å². The average molecular weight is 625 g/mol. The minimum Gasteiger partial charge on any atom is -0.466 e. The van der Waals surface area contributed by atoms with Crippen LogP contribution in [0.15, 0.2) is 0 Å². The molecule has 0 aliphatic heterocycles. The Hall–Kier alpha value is -1.14. The summed E-state index contributed by atoms with van der Waals surface area (Å²) in [6.07, 6.45) is 30.5. The monoisotopic (exact) mass is 625 g/mol. The molecule has 0 saturated heterocycles. The van der Waals surface area contributed by atoms with Gasteiger partial charge in [-0.25, -0.2) is 0 Å². The summed E-state index contributed by atoms with van der Waals surface area (Å²) < 4.78 is 11.3. The normalized spacial score (nSPS) is 12.1. The van der Waals surface area contributed by atoms with Gasteiger partial charge in [0.05, 0.1) is 6.61 Å². The first-order valence-electron chi connectivity index (χ1n) is 19.3. The van der Waals surface area contributed by atoms with Crippen LogP contribution in [0.1, 0.15) is 194 Å². The van der Waals surface area contributed by atoms with E-state index in [2.05, 4.69) is 25.7 Å². The third-order valence-electron chi connectivity index (χ3n) is 8.72. The standard InChI is InChI=1S/C38H76N2O4/c1-4-7-10-12-19-26-35-43-37(41)29-22-15-13-17-24-32-40(34-31-39)33-25-18-14-16-23-30-38(42)44-36(27-20-9-6-3)28-21-11-8-5-2/h36H,4-35,39H2,1-3H3. The van der Waals surface area contributed by atoms with Crippen LogP contribution in [0.4, 0.5) is 0 Å². The highest BCUT2D eigenvalue weighted by atomic mass is 16.5. The van der Waals surface area contributed by atoms with Gasteiger partial charge in [0.2, 0.25) is 0 Å². The number of ether oxygens (including phenoxy) is 2. The molecule has 0 saturated carbocycles. The van der Waals surface area contributed by atoms with Gasteiger partial charge in [0.15, 0.2) is 0 Å². The second-order valence-electron chi connectivity index (χ2n) is 13.1. The zero-order chi connectivity index (χ0) is 32.4. The molecule has 0 aromatic rings. The highest BCUT2D eigenvalue weighted by Crippen LogP contribution is 2.17. The van der Waals surface area contributed by atoms with Crippen molar-refractivity contribution in [1.82, 2.24) is 4.90 Å². The van der Waals surface area contributed by atoms with E-state index in [9.17, 15) is 9.59 Å². The Balaban J connectivity index is 3.82. The van der Waals surface area contributed by atoms with Crippen molar-refractivity contribution in [1.29, 1.82) is 0 Å². The fourth-order valence-electron chi connectivity index (χ4n) is 5.86. The fourth-order valence-corrected chi connectivity index (χ4v) is 5.86. The van der Waals surface area contributed by atoms with Crippen LogP contribution in [-0.2, 0) is 19.1 Å². The summed E-state index contributed by atoms with van der Waals surface area (Å²) in [6.45, 7) is 11.2. The first kappa shape index (κ1) is 42.9. The van der Waals surface area contributed by atoms with Crippen LogP contribution in [0.5, 0.6) is 0 Å². The van der Waals surface area contributed by atoms with Gasteiger partial charge in [0, 0.05) is 25.9 Å². The van der Waals surface area contributed by atoms with Crippen molar-refractivity contribution >= 4 is 11.9 Å². The molecular weight excluding hydrogens is 548 g/mol. The highest BCUT2D eigenvalue weighted by Gasteiger charge is 2.14. The molecule has 1 unspecified atom stereocenters. The number of nitrogens with two attached hydrogens (primary N) is 1. The lowest BCUT2D eigenvalue weighted by atomic mass is 10.0. The van der Waals surface area contributed by atoms with Crippen molar-refractivity contribution in [3.8, 4) is 0 Å². The van der Waals surface area contributed by atoms with Gasteiger partial charge in [-0.2, -0.15) is 0 Å². The Morgan fingerprint density at radius 3 is 1.52 bits per heavy atom. The molecule has 0 aliphatic carbocycles. The zero-order valence-electron chi connectivity index (χ0n) is 29.9. The number of esters is 2. The number of hydrogen-bond donors (Lipinski definition) is 1. The van der Waals surface area contributed by atoms with Crippen molar-refractivity contribution in [3.63, 3.8) is 0 Å². The smallest absolute Gasteiger partial charge is 0.306 e. The maximum absolute atomic E-state index is 12.5. The lowest BCUT2D eigenvalue weighted by Gasteiger charge is -2.21. The summed E-state index contributed by atoms with van der Waals surface area (Å²) in [4.78, 5) is 26.9. The maximum Gasteiger partial charge on any atom is 0.306 e. The van der Waals surface area contributed by atoms with Gasteiger partial charge >= 0.3 is 11.9 Å². The fraction of sp³-hybridized carbons (Fsp3) is 0.947. The molecule has 0 bridgehead atoms. The lowest BCUT2D eigenvalue weighted by Crippen LogP contribution is -2.31. The highest BCUT2D eigenvalue weighted by molar-refractivity contribution is 5.69. The molecule has 6 nitrogen and oxygen atoms in total. The van der Waals surface area contributed by atoms with Gasteiger partial charge in [-0.1, -0.05) is 124 Å². The first-order chi connectivity index (χ1) is 21.6. The van der Waals surface area contributed by atoms with E-state index in [0.29, 0.717) is 26.0 Å². The van der Waals surface area contributed by atoms with E-state index < -0.39 is 0 Å². The van der Waals surface area contributed by atoms with Gasteiger partial charge < -0.3 is 20.1 Å². The maximum atomic E-state index is 12.5. The van der Waals surface area contributed by atoms with E-state index in [1.54, 1.807) is 0 Å². The van der Waals surface area contributed by atoms with Crippen molar-refractivity contribution in [2.75, 3.05) is 32.8 Å².